The van der Waals surface area contributed by atoms with E-state index in [2.05, 4.69) is 0 Å². The zero-order valence-electron chi connectivity index (χ0n) is 10.2. The molecule has 0 spiro atoms. The Morgan fingerprint density at radius 2 is 2.11 bits per heavy atom. The Hall–Kier alpha value is -2.10. The smallest absolute Gasteiger partial charge is 0.268 e. The van der Waals surface area contributed by atoms with Crippen molar-refractivity contribution in [2.45, 2.75) is 18.4 Å². The third-order valence-corrected chi connectivity index (χ3v) is 4.49. The van der Waals surface area contributed by atoms with Gasteiger partial charge < -0.3 is 5.11 Å². The molecule has 0 saturated carbocycles. The number of hydrogen-bond acceptors (Lipinski definition) is 4. The van der Waals surface area contributed by atoms with Gasteiger partial charge in [0.15, 0.2) is 0 Å². The highest BCUT2D eigenvalue weighted by molar-refractivity contribution is 7.90. The molecule has 0 atom stereocenters. The van der Waals surface area contributed by atoms with Gasteiger partial charge in [0.2, 0.25) is 0 Å². The van der Waals surface area contributed by atoms with Gasteiger partial charge in [-0.2, -0.15) is 5.26 Å². The van der Waals surface area contributed by atoms with Gasteiger partial charge in [0.05, 0.1) is 12.2 Å². The van der Waals surface area contributed by atoms with E-state index in [4.69, 9.17) is 10.4 Å². The van der Waals surface area contributed by atoms with Crippen LogP contribution >= 0.6 is 0 Å². The van der Waals surface area contributed by atoms with Crippen LogP contribution in [-0.2, 0) is 16.6 Å². The number of aliphatic hydroxyl groups is 1. The van der Waals surface area contributed by atoms with E-state index in [1.807, 2.05) is 6.07 Å². The highest BCUT2D eigenvalue weighted by Crippen LogP contribution is 2.21. The lowest BCUT2D eigenvalue weighted by atomic mass is 10.1. The minimum absolute atomic E-state index is 0.0323. The van der Waals surface area contributed by atoms with Gasteiger partial charge >= 0.3 is 0 Å². The van der Waals surface area contributed by atoms with Crippen LogP contribution in [0, 0.1) is 18.3 Å². The number of nitrogens with zero attached hydrogens (tertiary/aromatic N) is 2. The van der Waals surface area contributed by atoms with E-state index >= 15 is 0 Å². The van der Waals surface area contributed by atoms with Crippen LogP contribution in [0.5, 0.6) is 0 Å². The maximum absolute atomic E-state index is 12.4. The molecule has 1 N–H and O–H groups in total. The van der Waals surface area contributed by atoms with Gasteiger partial charge in [-0.15, -0.1) is 0 Å². The second-order valence-electron chi connectivity index (χ2n) is 4.07. The molecule has 0 bridgehead atoms. The molecule has 5 nitrogen and oxygen atoms in total. The Morgan fingerprint density at radius 3 is 2.68 bits per heavy atom. The lowest BCUT2D eigenvalue weighted by Gasteiger charge is -2.08. The normalized spacial score (nSPS) is 11.2. The highest BCUT2D eigenvalue weighted by Gasteiger charge is 2.21. The fourth-order valence-electron chi connectivity index (χ4n) is 1.77. The van der Waals surface area contributed by atoms with Crippen LogP contribution in [0.4, 0.5) is 0 Å². The minimum atomic E-state index is -3.81. The van der Waals surface area contributed by atoms with Crippen molar-refractivity contribution in [3.63, 3.8) is 0 Å². The van der Waals surface area contributed by atoms with E-state index in [9.17, 15) is 8.42 Å². The molecule has 6 heteroatoms. The molecular formula is C13H12N2O3S. The summed E-state index contributed by atoms with van der Waals surface area (Å²) < 4.78 is 25.9. The fourth-order valence-corrected chi connectivity index (χ4v) is 3.21. The first-order valence-corrected chi connectivity index (χ1v) is 6.97. The van der Waals surface area contributed by atoms with Crippen LogP contribution in [0.2, 0.25) is 0 Å². The van der Waals surface area contributed by atoms with E-state index in [0.717, 1.165) is 3.97 Å². The van der Waals surface area contributed by atoms with Crippen molar-refractivity contribution in [1.82, 2.24) is 3.97 Å². The Morgan fingerprint density at radius 1 is 1.37 bits per heavy atom. The second-order valence-corrected chi connectivity index (χ2v) is 5.88. The van der Waals surface area contributed by atoms with Crippen molar-refractivity contribution >= 4 is 10.0 Å². The summed E-state index contributed by atoms with van der Waals surface area (Å²) in [6.07, 6.45) is 2.68. The third-order valence-electron chi connectivity index (χ3n) is 2.81. The van der Waals surface area contributed by atoms with Crippen LogP contribution in [0.1, 0.15) is 16.7 Å². The second kappa shape index (κ2) is 4.88. The van der Waals surface area contributed by atoms with E-state index < -0.39 is 10.0 Å². The SMILES string of the molecule is Cc1cccc(S(=O)(=O)n2ccc(CO)c2)c1C#N. The van der Waals surface area contributed by atoms with E-state index in [-0.39, 0.29) is 17.1 Å². The van der Waals surface area contributed by atoms with Gasteiger partial charge in [-0.3, -0.25) is 0 Å². The van der Waals surface area contributed by atoms with Crippen molar-refractivity contribution in [2.75, 3.05) is 0 Å². The number of hydrogen-bond donors (Lipinski definition) is 1. The molecule has 0 aliphatic rings. The molecule has 0 fully saturated rings. The number of aromatic nitrogens is 1. The Kier molecular flexibility index (Phi) is 3.42. The maximum atomic E-state index is 12.4. The molecule has 0 radical (unpaired) electrons. The zero-order chi connectivity index (χ0) is 14.0. The molecule has 0 amide bonds. The predicted octanol–water partition coefficient (Wildman–Crippen LogP) is 1.40. The van der Waals surface area contributed by atoms with Gasteiger partial charge in [-0.1, -0.05) is 12.1 Å². The molecule has 2 rings (SSSR count). The molecule has 0 aliphatic heterocycles. The number of benzene rings is 1. The van der Waals surface area contributed by atoms with E-state index in [0.29, 0.717) is 11.1 Å². The van der Waals surface area contributed by atoms with Crippen LogP contribution in [0.25, 0.3) is 0 Å². The molecule has 0 saturated heterocycles. The summed E-state index contributed by atoms with van der Waals surface area (Å²) in [4.78, 5) is -0.0323. The van der Waals surface area contributed by atoms with Gasteiger partial charge in [-0.25, -0.2) is 12.4 Å². The topological polar surface area (TPSA) is 83.1 Å². The van der Waals surface area contributed by atoms with Gasteiger partial charge in [0.1, 0.15) is 11.0 Å². The summed E-state index contributed by atoms with van der Waals surface area (Å²) in [6, 6.07) is 8.12. The molecule has 0 aliphatic carbocycles. The Balaban J connectivity index is 2.64. The summed E-state index contributed by atoms with van der Waals surface area (Å²) in [7, 11) is -3.81. The number of nitriles is 1. The molecule has 98 valence electrons. The lowest BCUT2D eigenvalue weighted by molar-refractivity contribution is 0.282. The average molecular weight is 276 g/mol. The Labute approximate surface area is 111 Å². The monoisotopic (exact) mass is 276 g/mol. The standard InChI is InChI=1S/C13H12N2O3S/c1-10-3-2-4-13(12(10)7-14)19(17,18)15-6-5-11(8-15)9-16/h2-6,8,16H,9H2,1H3. The number of aliphatic hydroxyl groups excluding tert-OH is 1. The van der Waals surface area contributed by atoms with Crippen LogP contribution in [0.3, 0.4) is 0 Å². The first-order valence-electron chi connectivity index (χ1n) is 5.53. The van der Waals surface area contributed by atoms with E-state index in [1.54, 1.807) is 19.1 Å². The van der Waals surface area contributed by atoms with Crippen molar-refractivity contribution in [1.29, 1.82) is 5.26 Å². The summed E-state index contributed by atoms with van der Waals surface area (Å²) in [6.45, 7) is 1.45. The van der Waals surface area contributed by atoms with Gasteiger partial charge in [0.25, 0.3) is 10.0 Å². The van der Waals surface area contributed by atoms with Gasteiger partial charge in [0, 0.05) is 12.4 Å². The van der Waals surface area contributed by atoms with Crippen molar-refractivity contribution < 1.29 is 13.5 Å². The predicted molar refractivity (Wildman–Crippen MR) is 68.8 cm³/mol. The largest absolute Gasteiger partial charge is 0.392 e. The first-order chi connectivity index (χ1) is 9.00. The highest BCUT2D eigenvalue weighted by atomic mass is 32.2. The summed E-state index contributed by atoms with van der Waals surface area (Å²) in [5.41, 5.74) is 1.24. The quantitative estimate of drug-likeness (QED) is 0.918. The first kappa shape index (κ1) is 13.3. The van der Waals surface area contributed by atoms with Gasteiger partial charge in [-0.05, 0) is 30.2 Å². The number of aryl methyl sites for hydroxylation is 1. The van der Waals surface area contributed by atoms with Crippen LogP contribution in [0.15, 0.2) is 41.6 Å². The fraction of sp³-hybridized carbons (Fsp3) is 0.154. The molecule has 19 heavy (non-hydrogen) atoms. The summed E-state index contributed by atoms with van der Waals surface area (Å²) >= 11 is 0. The molecule has 1 aromatic carbocycles. The van der Waals surface area contributed by atoms with Crippen molar-refractivity contribution in [3.8, 4) is 6.07 Å². The molecule has 1 heterocycles. The maximum Gasteiger partial charge on any atom is 0.268 e. The van der Waals surface area contributed by atoms with Crippen molar-refractivity contribution in [2.24, 2.45) is 0 Å². The summed E-state index contributed by atoms with van der Waals surface area (Å²) in [5.74, 6) is 0. The number of rotatable bonds is 3. The van der Waals surface area contributed by atoms with Crippen LogP contribution < -0.4 is 0 Å². The average Bonchev–Trinajstić information content (AvgIpc) is 2.87. The molecule has 2 aromatic rings. The molecular weight excluding hydrogens is 264 g/mol. The van der Waals surface area contributed by atoms with E-state index in [1.165, 1.54) is 24.5 Å². The Bertz CT molecular complexity index is 754. The lowest BCUT2D eigenvalue weighted by Crippen LogP contribution is -2.13. The summed E-state index contributed by atoms with van der Waals surface area (Å²) in [5, 5.41) is 18.1. The molecule has 0 unspecified atom stereocenters. The van der Waals surface area contributed by atoms with Crippen LogP contribution in [-0.4, -0.2) is 17.5 Å². The molecule has 1 aromatic heterocycles. The third kappa shape index (κ3) is 2.26. The zero-order valence-corrected chi connectivity index (χ0v) is 11.1. The minimum Gasteiger partial charge on any atom is -0.392 e. The van der Waals surface area contributed by atoms with Crippen molar-refractivity contribution in [3.05, 3.63) is 53.3 Å².